The van der Waals surface area contributed by atoms with E-state index in [0.29, 0.717) is 11.1 Å². The van der Waals surface area contributed by atoms with Crippen LogP contribution in [0.25, 0.3) is 0 Å². The molecule has 90 valence electrons. The Hall–Kier alpha value is -1.40. The van der Waals surface area contributed by atoms with Gasteiger partial charge in [-0.3, -0.25) is 4.79 Å². The normalized spacial score (nSPS) is 9.47. The number of rotatable bonds is 4. The first-order valence-electron chi connectivity index (χ1n) is 5.55. The summed E-state index contributed by atoms with van der Waals surface area (Å²) in [6, 6.07) is 16.1. The predicted molar refractivity (Wildman–Crippen MR) is 72.6 cm³/mol. The minimum absolute atomic E-state index is 0. The Morgan fingerprint density at radius 3 is 2.00 bits per heavy atom. The van der Waals surface area contributed by atoms with E-state index in [0.717, 1.165) is 5.56 Å². The average Bonchev–Trinajstić information content (AvgIpc) is 2.39. The first kappa shape index (κ1) is 15.7. The minimum Gasteiger partial charge on any atom is -0.867 e. The molecule has 2 aromatic carbocycles. The van der Waals surface area contributed by atoms with Crippen molar-refractivity contribution in [3.8, 4) is 0 Å². The Labute approximate surface area is 129 Å². The molecule has 2 rings (SSSR count). The number of carbonyl (C=O) groups excluding carboxylic acids is 1. The van der Waals surface area contributed by atoms with Crippen LogP contribution >= 0.6 is 12.2 Å². The molecule has 0 aromatic heterocycles. The van der Waals surface area contributed by atoms with Crippen molar-refractivity contribution >= 4 is 23.1 Å². The van der Waals surface area contributed by atoms with Crippen molar-refractivity contribution in [1.82, 2.24) is 0 Å². The fourth-order valence-corrected chi connectivity index (χ4v) is 1.86. The molecule has 0 N–H and O–H groups in total. The van der Waals surface area contributed by atoms with Gasteiger partial charge in [-0.25, -0.2) is 0 Å². The van der Waals surface area contributed by atoms with Gasteiger partial charge in [0.1, 0.15) is 0 Å². The van der Waals surface area contributed by atoms with Gasteiger partial charge in [-0.05, 0) is 12.0 Å². The minimum atomic E-state index is -0.294. The van der Waals surface area contributed by atoms with Crippen LogP contribution < -0.4 is 24.0 Å². The summed E-state index contributed by atoms with van der Waals surface area (Å²) in [4.78, 5) is 12.1. The molecule has 0 atom stereocenters. The number of ketones is 1. The molecule has 0 unspecified atom stereocenters. The number of benzene rings is 2. The molecule has 2 aromatic rings. The van der Waals surface area contributed by atoms with Crippen molar-refractivity contribution in [3.05, 3.63) is 71.3 Å². The van der Waals surface area contributed by atoms with Crippen LogP contribution in [-0.2, 0) is 6.42 Å². The van der Waals surface area contributed by atoms with E-state index in [2.05, 4.69) is 12.2 Å². The van der Waals surface area contributed by atoms with Crippen LogP contribution in [0.15, 0.2) is 54.6 Å². The zero-order chi connectivity index (χ0) is 13.0. The van der Waals surface area contributed by atoms with E-state index in [9.17, 15) is 9.90 Å². The topological polar surface area (TPSA) is 40.1 Å². The van der Waals surface area contributed by atoms with Crippen molar-refractivity contribution < 1.29 is 28.8 Å². The average molecular weight is 262 g/mol. The van der Waals surface area contributed by atoms with Crippen LogP contribution in [0.2, 0.25) is 0 Å². The maximum atomic E-state index is 12.1. The number of carbonyl (C=O) groups is 1. The number of hydrogen-bond donors (Lipinski definition) is 0. The van der Waals surface area contributed by atoms with Gasteiger partial charge in [0, 0.05) is 11.1 Å². The van der Waals surface area contributed by atoms with Crippen LogP contribution in [0, 0.1) is 0 Å². The summed E-state index contributed by atoms with van der Waals surface area (Å²) in [5.74, 6) is -0.0214. The number of thiocarbonyl (C=S) groups is 1. The molecular formula is C15H11LiO2S. The molecule has 0 amide bonds. The van der Waals surface area contributed by atoms with Crippen LogP contribution in [0.1, 0.15) is 21.5 Å². The van der Waals surface area contributed by atoms with E-state index in [4.69, 9.17) is 0 Å². The third-order valence-electron chi connectivity index (χ3n) is 2.60. The molecule has 0 saturated heterocycles. The summed E-state index contributed by atoms with van der Waals surface area (Å²) in [6.07, 6.45) is 0.231. The standard InChI is InChI=1S/C15H12O2S.Li/c16-14(18)10-11-6-8-13(9-7-11)15(17)12-4-2-1-3-5-12;/h1-9H,10H2,(H,16,18);/q;+1/p-1. The summed E-state index contributed by atoms with van der Waals surface area (Å²) in [5.41, 5.74) is 2.10. The molecule has 0 aliphatic carbocycles. The fourth-order valence-electron chi connectivity index (χ4n) is 1.70. The zero-order valence-corrected chi connectivity index (χ0v) is 11.4. The molecule has 4 heteroatoms. The summed E-state index contributed by atoms with van der Waals surface area (Å²) in [7, 11) is 0. The van der Waals surface area contributed by atoms with Gasteiger partial charge in [-0.2, -0.15) is 0 Å². The second-order valence-corrected chi connectivity index (χ2v) is 4.40. The van der Waals surface area contributed by atoms with Gasteiger partial charge in [-0.15, -0.1) is 12.2 Å². The summed E-state index contributed by atoms with van der Waals surface area (Å²) in [6.45, 7) is 0. The van der Waals surface area contributed by atoms with Crippen LogP contribution in [0.3, 0.4) is 0 Å². The van der Waals surface area contributed by atoms with E-state index in [1.165, 1.54) is 0 Å². The first-order chi connectivity index (χ1) is 8.66. The quantitative estimate of drug-likeness (QED) is 0.409. The maximum Gasteiger partial charge on any atom is 1.00 e. The first-order valence-corrected chi connectivity index (χ1v) is 5.96. The third kappa shape index (κ3) is 4.32. The van der Waals surface area contributed by atoms with Crippen molar-refractivity contribution in [1.29, 1.82) is 0 Å². The molecule has 0 bridgehead atoms. The fraction of sp³-hybridized carbons (Fsp3) is 0.0667. The van der Waals surface area contributed by atoms with Gasteiger partial charge < -0.3 is 5.11 Å². The summed E-state index contributed by atoms with van der Waals surface area (Å²) < 4.78 is 0. The molecule has 19 heavy (non-hydrogen) atoms. The van der Waals surface area contributed by atoms with Crippen LogP contribution in [0.5, 0.6) is 0 Å². The predicted octanol–water partition coefficient (Wildman–Crippen LogP) is -0.848. The van der Waals surface area contributed by atoms with Gasteiger partial charge in [0.15, 0.2) is 5.78 Å². The summed E-state index contributed by atoms with van der Waals surface area (Å²) >= 11 is 4.52. The molecule has 0 heterocycles. The van der Waals surface area contributed by atoms with E-state index in [-0.39, 0.29) is 36.1 Å². The van der Waals surface area contributed by atoms with Crippen molar-refractivity contribution in [2.24, 2.45) is 0 Å². The Kier molecular flexibility index (Phi) is 5.97. The van der Waals surface area contributed by atoms with Crippen molar-refractivity contribution in [2.75, 3.05) is 0 Å². The SMILES string of the molecule is O=C(c1ccccc1)c1ccc(CC([O-])=S)cc1.[Li+]. The largest absolute Gasteiger partial charge is 1.00 e. The van der Waals surface area contributed by atoms with Crippen LogP contribution in [-0.4, -0.2) is 10.8 Å². The van der Waals surface area contributed by atoms with Gasteiger partial charge in [0.25, 0.3) is 0 Å². The Morgan fingerprint density at radius 1 is 0.947 bits per heavy atom. The molecular weight excluding hydrogens is 251 g/mol. The molecule has 2 nitrogen and oxygen atoms in total. The van der Waals surface area contributed by atoms with E-state index in [1.807, 2.05) is 18.2 Å². The smallest absolute Gasteiger partial charge is 0.867 e. The molecule has 0 radical (unpaired) electrons. The van der Waals surface area contributed by atoms with E-state index >= 15 is 0 Å². The van der Waals surface area contributed by atoms with E-state index < -0.39 is 0 Å². The third-order valence-corrected chi connectivity index (χ3v) is 2.74. The van der Waals surface area contributed by atoms with Crippen molar-refractivity contribution in [3.63, 3.8) is 0 Å². The monoisotopic (exact) mass is 262 g/mol. The Morgan fingerprint density at radius 2 is 1.47 bits per heavy atom. The molecule has 0 saturated carbocycles. The van der Waals surface area contributed by atoms with E-state index in [1.54, 1.807) is 36.4 Å². The maximum absolute atomic E-state index is 12.1. The second kappa shape index (κ2) is 7.25. The second-order valence-electron chi connectivity index (χ2n) is 3.94. The Bertz CT molecular complexity index is 564. The molecule has 0 aliphatic rings. The van der Waals surface area contributed by atoms with Crippen molar-refractivity contribution in [2.45, 2.75) is 6.42 Å². The van der Waals surface area contributed by atoms with Gasteiger partial charge in [0.2, 0.25) is 0 Å². The van der Waals surface area contributed by atoms with Gasteiger partial charge in [0.05, 0.1) is 0 Å². The number of hydrogen-bond acceptors (Lipinski definition) is 3. The summed E-state index contributed by atoms with van der Waals surface area (Å²) in [5, 5.41) is 10.5. The van der Waals surface area contributed by atoms with Gasteiger partial charge in [-0.1, -0.05) is 59.6 Å². The molecule has 0 spiro atoms. The van der Waals surface area contributed by atoms with Crippen LogP contribution in [0.4, 0.5) is 0 Å². The Balaban J connectivity index is 0.00000180. The van der Waals surface area contributed by atoms with Gasteiger partial charge >= 0.3 is 18.9 Å². The molecule has 0 aliphatic heterocycles. The zero-order valence-electron chi connectivity index (χ0n) is 10.6. The molecule has 0 fully saturated rings.